The van der Waals surface area contributed by atoms with Crippen LogP contribution in [0.5, 0.6) is 5.75 Å². The molecule has 108 valence electrons. The van der Waals surface area contributed by atoms with Gasteiger partial charge in [-0.1, -0.05) is 11.3 Å². The maximum atomic E-state index is 13.8. The number of halogens is 1. The Balaban J connectivity index is 1.99. The molecule has 2 N–H and O–H groups in total. The van der Waals surface area contributed by atoms with E-state index in [1.165, 1.54) is 13.2 Å². The molecule has 0 spiro atoms. The predicted octanol–water partition coefficient (Wildman–Crippen LogP) is 1.76. The summed E-state index contributed by atoms with van der Waals surface area (Å²) >= 11 is 0. The summed E-state index contributed by atoms with van der Waals surface area (Å²) in [7, 11) is 1.51. The molecule has 0 aliphatic carbocycles. The molecule has 0 amide bonds. The molecule has 2 rings (SSSR count). The third-order valence-corrected chi connectivity index (χ3v) is 3.07. The van der Waals surface area contributed by atoms with Crippen LogP contribution < -0.4 is 10.5 Å². The number of methoxy groups -OCH3 is 1. The highest BCUT2D eigenvalue weighted by atomic mass is 19.1. The molecule has 0 unspecified atom stereocenters. The van der Waals surface area contributed by atoms with Crippen molar-refractivity contribution >= 4 is 0 Å². The molecular formula is C14H19FN4O. The van der Waals surface area contributed by atoms with Gasteiger partial charge in [-0.2, -0.15) is 0 Å². The van der Waals surface area contributed by atoms with Crippen LogP contribution in [0.1, 0.15) is 24.1 Å². The third kappa shape index (κ3) is 3.77. The van der Waals surface area contributed by atoms with Crippen LogP contribution in [0.25, 0.3) is 0 Å². The lowest BCUT2D eigenvalue weighted by Gasteiger charge is -2.05. The SMILES string of the molecule is COc1ccc(Cn2cc(CCCCN)nn2)c(F)c1. The molecule has 0 fully saturated rings. The number of aryl methyl sites for hydroxylation is 1. The Morgan fingerprint density at radius 2 is 2.20 bits per heavy atom. The number of nitrogens with zero attached hydrogens (tertiary/aromatic N) is 3. The number of nitrogens with two attached hydrogens (primary N) is 1. The second-order valence-electron chi connectivity index (χ2n) is 4.61. The van der Waals surface area contributed by atoms with E-state index in [4.69, 9.17) is 10.5 Å². The first-order valence-electron chi connectivity index (χ1n) is 6.64. The first kappa shape index (κ1) is 14.5. The highest BCUT2D eigenvalue weighted by Crippen LogP contribution is 2.17. The molecular weight excluding hydrogens is 259 g/mol. The molecule has 0 aliphatic heterocycles. The molecule has 0 saturated carbocycles. The van der Waals surface area contributed by atoms with Gasteiger partial charge in [-0.05, 0) is 31.9 Å². The quantitative estimate of drug-likeness (QED) is 0.784. The summed E-state index contributed by atoms with van der Waals surface area (Å²) in [5.74, 6) is 0.205. The Bertz CT molecular complexity index is 556. The van der Waals surface area contributed by atoms with Crippen molar-refractivity contribution in [3.8, 4) is 5.75 Å². The Labute approximate surface area is 117 Å². The van der Waals surface area contributed by atoms with Crippen LogP contribution in [0.4, 0.5) is 4.39 Å². The molecule has 6 heteroatoms. The number of ether oxygens (including phenoxy) is 1. The normalized spacial score (nSPS) is 10.8. The fourth-order valence-electron chi connectivity index (χ4n) is 1.94. The van der Waals surface area contributed by atoms with Crippen molar-refractivity contribution in [2.75, 3.05) is 13.7 Å². The largest absolute Gasteiger partial charge is 0.497 e. The monoisotopic (exact) mass is 278 g/mol. The van der Waals surface area contributed by atoms with E-state index in [9.17, 15) is 4.39 Å². The van der Waals surface area contributed by atoms with Crippen LogP contribution in [0.2, 0.25) is 0 Å². The van der Waals surface area contributed by atoms with E-state index in [1.54, 1.807) is 16.8 Å². The first-order chi connectivity index (χ1) is 9.72. The molecule has 0 saturated heterocycles. The highest BCUT2D eigenvalue weighted by Gasteiger charge is 2.07. The average Bonchev–Trinajstić information content (AvgIpc) is 2.89. The van der Waals surface area contributed by atoms with Crippen LogP contribution in [-0.4, -0.2) is 28.6 Å². The smallest absolute Gasteiger partial charge is 0.131 e. The van der Waals surface area contributed by atoms with E-state index >= 15 is 0 Å². The fourth-order valence-corrected chi connectivity index (χ4v) is 1.94. The zero-order valence-corrected chi connectivity index (χ0v) is 11.6. The van der Waals surface area contributed by atoms with Gasteiger partial charge >= 0.3 is 0 Å². The molecule has 20 heavy (non-hydrogen) atoms. The van der Waals surface area contributed by atoms with Crippen molar-refractivity contribution in [3.05, 3.63) is 41.5 Å². The van der Waals surface area contributed by atoms with Crippen molar-refractivity contribution in [2.24, 2.45) is 5.73 Å². The van der Waals surface area contributed by atoms with E-state index < -0.39 is 0 Å². The Morgan fingerprint density at radius 1 is 1.35 bits per heavy atom. The molecule has 1 aromatic carbocycles. The van der Waals surface area contributed by atoms with Crippen LogP contribution in [0.15, 0.2) is 24.4 Å². The van der Waals surface area contributed by atoms with E-state index in [2.05, 4.69) is 10.3 Å². The maximum absolute atomic E-state index is 13.8. The summed E-state index contributed by atoms with van der Waals surface area (Å²) in [6, 6.07) is 4.80. The maximum Gasteiger partial charge on any atom is 0.131 e. The van der Waals surface area contributed by atoms with Crippen molar-refractivity contribution in [2.45, 2.75) is 25.8 Å². The summed E-state index contributed by atoms with van der Waals surface area (Å²) in [6.07, 6.45) is 4.66. The summed E-state index contributed by atoms with van der Waals surface area (Å²) in [5, 5.41) is 8.08. The minimum atomic E-state index is -0.301. The van der Waals surface area contributed by atoms with Crippen LogP contribution in [0.3, 0.4) is 0 Å². The Morgan fingerprint density at radius 3 is 2.90 bits per heavy atom. The first-order valence-corrected chi connectivity index (χ1v) is 6.64. The number of unbranched alkanes of at least 4 members (excludes halogenated alkanes) is 1. The topological polar surface area (TPSA) is 66.0 Å². The molecule has 0 atom stereocenters. The number of hydrogen-bond acceptors (Lipinski definition) is 4. The van der Waals surface area contributed by atoms with Gasteiger partial charge in [-0.25, -0.2) is 9.07 Å². The molecule has 0 radical (unpaired) electrons. The van der Waals surface area contributed by atoms with Crippen molar-refractivity contribution in [1.29, 1.82) is 0 Å². The molecule has 0 bridgehead atoms. The minimum absolute atomic E-state index is 0.301. The molecule has 1 heterocycles. The van der Waals surface area contributed by atoms with E-state index in [-0.39, 0.29) is 5.82 Å². The number of rotatable bonds is 7. The second kappa shape index (κ2) is 7.00. The summed E-state index contributed by atoms with van der Waals surface area (Å²) in [4.78, 5) is 0. The van der Waals surface area contributed by atoms with Crippen LogP contribution in [0, 0.1) is 5.82 Å². The van der Waals surface area contributed by atoms with Gasteiger partial charge < -0.3 is 10.5 Å². The number of benzene rings is 1. The van der Waals surface area contributed by atoms with Crippen molar-refractivity contribution in [1.82, 2.24) is 15.0 Å². The van der Waals surface area contributed by atoms with Crippen molar-refractivity contribution < 1.29 is 9.13 Å². The second-order valence-corrected chi connectivity index (χ2v) is 4.61. The lowest BCUT2D eigenvalue weighted by molar-refractivity contribution is 0.410. The van der Waals surface area contributed by atoms with E-state index in [0.29, 0.717) is 24.4 Å². The Hall–Kier alpha value is -1.95. The molecule has 2 aromatic rings. The van der Waals surface area contributed by atoms with Gasteiger partial charge in [0.1, 0.15) is 11.6 Å². The van der Waals surface area contributed by atoms with E-state index in [0.717, 1.165) is 25.0 Å². The van der Waals surface area contributed by atoms with Gasteiger partial charge in [0.25, 0.3) is 0 Å². The molecule has 1 aromatic heterocycles. The lowest BCUT2D eigenvalue weighted by atomic mass is 10.2. The lowest BCUT2D eigenvalue weighted by Crippen LogP contribution is -2.03. The summed E-state index contributed by atoms with van der Waals surface area (Å²) in [6.45, 7) is 1.05. The minimum Gasteiger partial charge on any atom is -0.497 e. The van der Waals surface area contributed by atoms with Gasteiger partial charge in [-0.3, -0.25) is 0 Å². The summed E-state index contributed by atoms with van der Waals surface area (Å²) in [5.41, 5.74) is 6.92. The average molecular weight is 278 g/mol. The standard InChI is InChI=1S/C14H19FN4O/c1-20-13-6-5-11(14(15)8-13)9-19-10-12(17-18-19)4-2-3-7-16/h5-6,8,10H,2-4,7,9,16H2,1H3. The highest BCUT2D eigenvalue weighted by molar-refractivity contribution is 5.28. The molecule has 0 aliphatic rings. The Kier molecular flexibility index (Phi) is 5.06. The van der Waals surface area contributed by atoms with Crippen LogP contribution in [-0.2, 0) is 13.0 Å². The number of aromatic nitrogens is 3. The molecule has 5 nitrogen and oxygen atoms in total. The van der Waals surface area contributed by atoms with E-state index in [1.807, 2.05) is 6.20 Å². The summed E-state index contributed by atoms with van der Waals surface area (Å²) < 4.78 is 20.4. The van der Waals surface area contributed by atoms with Gasteiger partial charge in [0.05, 0.1) is 19.3 Å². The van der Waals surface area contributed by atoms with Gasteiger partial charge in [-0.15, -0.1) is 5.10 Å². The zero-order chi connectivity index (χ0) is 14.4. The zero-order valence-electron chi connectivity index (χ0n) is 11.6. The van der Waals surface area contributed by atoms with Gasteiger partial charge in [0.15, 0.2) is 0 Å². The predicted molar refractivity (Wildman–Crippen MR) is 74.1 cm³/mol. The third-order valence-electron chi connectivity index (χ3n) is 3.07. The number of hydrogen-bond donors (Lipinski definition) is 1. The van der Waals surface area contributed by atoms with Crippen LogP contribution >= 0.6 is 0 Å². The fraction of sp³-hybridized carbons (Fsp3) is 0.429. The van der Waals surface area contributed by atoms with Gasteiger partial charge in [0.2, 0.25) is 0 Å². The van der Waals surface area contributed by atoms with Gasteiger partial charge in [0, 0.05) is 17.8 Å². The van der Waals surface area contributed by atoms with Crippen molar-refractivity contribution in [3.63, 3.8) is 0 Å².